The lowest BCUT2D eigenvalue weighted by atomic mass is 10.0. The summed E-state index contributed by atoms with van der Waals surface area (Å²) in [4.78, 5) is 2.53. The van der Waals surface area contributed by atoms with Gasteiger partial charge in [0.05, 0.1) is 0 Å². The second-order valence-electron chi connectivity index (χ2n) is 6.55. The van der Waals surface area contributed by atoms with Crippen LogP contribution in [0.3, 0.4) is 0 Å². The van der Waals surface area contributed by atoms with E-state index < -0.39 is 0 Å². The summed E-state index contributed by atoms with van der Waals surface area (Å²) in [5.41, 5.74) is 4.37. The molecule has 1 aromatic rings. The highest BCUT2D eigenvalue weighted by Gasteiger charge is 2.25. The van der Waals surface area contributed by atoms with Crippen LogP contribution in [-0.2, 0) is 12.8 Å². The van der Waals surface area contributed by atoms with E-state index in [9.17, 15) is 0 Å². The summed E-state index contributed by atoms with van der Waals surface area (Å²) in [6.07, 6.45) is 4.98. The normalized spacial score (nSPS) is 21.1. The van der Waals surface area contributed by atoms with Crippen molar-refractivity contribution in [1.82, 2.24) is 10.2 Å². The molecule has 2 aliphatic rings. The highest BCUT2D eigenvalue weighted by Crippen LogP contribution is 2.23. The molecule has 1 N–H and O–H groups in total. The lowest BCUT2D eigenvalue weighted by Gasteiger charge is -2.34. The zero-order valence-electron chi connectivity index (χ0n) is 12.6. The van der Waals surface area contributed by atoms with Gasteiger partial charge in [-0.05, 0) is 56.8 Å². The summed E-state index contributed by atoms with van der Waals surface area (Å²) in [6, 6.07) is 10.3. The maximum Gasteiger partial charge on any atom is 0.0187 e. The van der Waals surface area contributed by atoms with Gasteiger partial charge < -0.3 is 5.32 Å². The quantitative estimate of drug-likeness (QED) is 0.846. The van der Waals surface area contributed by atoms with Crippen LogP contribution in [0.2, 0.25) is 0 Å². The van der Waals surface area contributed by atoms with Crippen LogP contribution in [-0.4, -0.2) is 36.6 Å². The minimum Gasteiger partial charge on any atom is -0.310 e. The first-order valence-corrected chi connectivity index (χ1v) is 7.90. The van der Waals surface area contributed by atoms with Crippen LogP contribution < -0.4 is 5.32 Å². The largest absolute Gasteiger partial charge is 0.310 e. The number of fused-ring (bicyclic) bond motifs is 1. The van der Waals surface area contributed by atoms with E-state index in [-0.39, 0.29) is 0 Å². The van der Waals surface area contributed by atoms with Crippen molar-refractivity contribution >= 4 is 0 Å². The molecule has 0 radical (unpaired) electrons. The lowest BCUT2D eigenvalue weighted by molar-refractivity contribution is 0.204. The number of hydrogen-bond acceptors (Lipinski definition) is 2. The third kappa shape index (κ3) is 3.31. The van der Waals surface area contributed by atoms with Crippen LogP contribution in [0.4, 0.5) is 0 Å². The van der Waals surface area contributed by atoms with E-state index in [0.29, 0.717) is 12.1 Å². The van der Waals surface area contributed by atoms with Gasteiger partial charge in [-0.25, -0.2) is 0 Å². The van der Waals surface area contributed by atoms with E-state index in [0.717, 1.165) is 6.54 Å². The Morgan fingerprint density at radius 1 is 1.15 bits per heavy atom. The smallest absolute Gasteiger partial charge is 0.0187 e. The van der Waals surface area contributed by atoms with Gasteiger partial charge in [0.2, 0.25) is 0 Å². The van der Waals surface area contributed by atoms with Gasteiger partial charge in [-0.15, -0.1) is 0 Å². The average Bonchev–Trinajstić information content (AvgIpc) is 2.82. The summed E-state index contributed by atoms with van der Waals surface area (Å²) in [5.74, 6) is 0. The zero-order chi connectivity index (χ0) is 13.9. The Morgan fingerprint density at radius 3 is 2.30 bits per heavy atom. The Morgan fingerprint density at radius 2 is 1.75 bits per heavy atom. The Bertz CT molecular complexity index is 447. The Balaban J connectivity index is 1.46. The number of nitrogens with one attached hydrogen (secondary N) is 1. The second kappa shape index (κ2) is 6.11. The fourth-order valence-electron chi connectivity index (χ4n) is 3.65. The van der Waals surface area contributed by atoms with Crippen molar-refractivity contribution in [2.24, 2.45) is 0 Å². The van der Waals surface area contributed by atoms with Gasteiger partial charge in [0.15, 0.2) is 0 Å². The van der Waals surface area contributed by atoms with Crippen molar-refractivity contribution in [3.05, 3.63) is 47.5 Å². The third-order valence-electron chi connectivity index (χ3n) is 4.60. The summed E-state index contributed by atoms with van der Waals surface area (Å²) in [6.45, 7) is 9.64. The van der Waals surface area contributed by atoms with E-state index in [1.165, 1.54) is 44.3 Å². The van der Waals surface area contributed by atoms with Crippen molar-refractivity contribution in [1.29, 1.82) is 0 Å². The molecule has 0 amide bonds. The van der Waals surface area contributed by atoms with Gasteiger partial charge in [-0.2, -0.15) is 0 Å². The van der Waals surface area contributed by atoms with Gasteiger partial charge >= 0.3 is 0 Å². The van der Waals surface area contributed by atoms with Gasteiger partial charge in [-0.3, -0.25) is 4.90 Å². The molecule has 0 spiro atoms. The SMILES string of the molecule is C=C(C)CN1CCC(NC2Cc3ccccc3C2)CC1. The number of nitrogens with zero attached hydrogens (tertiary/aromatic N) is 1. The van der Waals surface area contributed by atoms with E-state index in [1.807, 2.05) is 0 Å². The van der Waals surface area contributed by atoms with E-state index in [2.05, 4.69) is 48.0 Å². The first-order chi connectivity index (χ1) is 9.70. The summed E-state index contributed by atoms with van der Waals surface area (Å²) in [5, 5.41) is 3.89. The molecule has 2 heteroatoms. The molecule has 108 valence electrons. The standard InChI is InChI=1S/C18H26N2/c1-14(2)13-20-9-7-17(8-10-20)19-18-11-15-5-3-4-6-16(15)12-18/h3-6,17-19H,1,7-13H2,2H3. The molecular formula is C18H26N2. The number of hydrogen-bond donors (Lipinski definition) is 1. The van der Waals surface area contributed by atoms with Crippen LogP contribution in [0.25, 0.3) is 0 Å². The predicted octanol–water partition coefficient (Wildman–Crippen LogP) is 2.78. The molecule has 3 rings (SSSR count). The van der Waals surface area contributed by atoms with Crippen LogP contribution in [0.5, 0.6) is 0 Å². The molecule has 1 aliphatic heterocycles. The lowest BCUT2D eigenvalue weighted by Crippen LogP contribution is -2.46. The topological polar surface area (TPSA) is 15.3 Å². The molecule has 0 aromatic heterocycles. The number of rotatable bonds is 4. The molecule has 0 saturated carbocycles. The number of benzene rings is 1. The maximum absolute atomic E-state index is 4.02. The summed E-state index contributed by atoms with van der Waals surface area (Å²) < 4.78 is 0. The third-order valence-corrected chi connectivity index (χ3v) is 4.60. The van der Waals surface area contributed by atoms with Gasteiger partial charge in [-0.1, -0.05) is 36.4 Å². The molecule has 0 bridgehead atoms. The van der Waals surface area contributed by atoms with Crippen molar-refractivity contribution in [3.8, 4) is 0 Å². The molecule has 1 aromatic carbocycles. The molecule has 2 nitrogen and oxygen atoms in total. The van der Waals surface area contributed by atoms with E-state index in [4.69, 9.17) is 0 Å². The summed E-state index contributed by atoms with van der Waals surface area (Å²) in [7, 11) is 0. The van der Waals surface area contributed by atoms with Crippen molar-refractivity contribution in [2.45, 2.75) is 44.7 Å². The fourth-order valence-corrected chi connectivity index (χ4v) is 3.65. The first-order valence-electron chi connectivity index (χ1n) is 7.90. The molecule has 20 heavy (non-hydrogen) atoms. The molecule has 1 aliphatic carbocycles. The highest BCUT2D eigenvalue weighted by molar-refractivity contribution is 5.33. The van der Waals surface area contributed by atoms with Crippen molar-refractivity contribution < 1.29 is 0 Å². The van der Waals surface area contributed by atoms with Crippen molar-refractivity contribution in [2.75, 3.05) is 19.6 Å². The van der Waals surface area contributed by atoms with E-state index in [1.54, 1.807) is 11.1 Å². The average molecular weight is 270 g/mol. The predicted molar refractivity (Wildman–Crippen MR) is 85.0 cm³/mol. The minimum absolute atomic E-state index is 0.657. The van der Waals surface area contributed by atoms with Gasteiger partial charge in [0, 0.05) is 18.6 Å². The summed E-state index contributed by atoms with van der Waals surface area (Å²) >= 11 is 0. The molecular weight excluding hydrogens is 244 g/mol. The first kappa shape index (κ1) is 13.8. The van der Waals surface area contributed by atoms with Crippen LogP contribution in [0, 0.1) is 0 Å². The molecule has 0 unspecified atom stereocenters. The fraction of sp³-hybridized carbons (Fsp3) is 0.556. The molecule has 1 fully saturated rings. The van der Waals surface area contributed by atoms with Crippen LogP contribution >= 0.6 is 0 Å². The molecule has 1 saturated heterocycles. The van der Waals surface area contributed by atoms with Gasteiger partial charge in [0.1, 0.15) is 0 Å². The van der Waals surface area contributed by atoms with E-state index >= 15 is 0 Å². The van der Waals surface area contributed by atoms with Crippen LogP contribution in [0.1, 0.15) is 30.9 Å². The zero-order valence-corrected chi connectivity index (χ0v) is 12.6. The number of likely N-dealkylation sites (tertiary alicyclic amines) is 1. The Kier molecular flexibility index (Phi) is 4.23. The van der Waals surface area contributed by atoms with Crippen molar-refractivity contribution in [3.63, 3.8) is 0 Å². The Labute approximate surface area is 122 Å². The van der Waals surface area contributed by atoms with Crippen LogP contribution in [0.15, 0.2) is 36.4 Å². The molecule has 0 atom stereocenters. The highest BCUT2D eigenvalue weighted by atomic mass is 15.1. The monoisotopic (exact) mass is 270 g/mol. The second-order valence-corrected chi connectivity index (χ2v) is 6.55. The minimum atomic E-state index is 0.657. The van der Waals surface area contributed by atoms with Gasteiger partial charge in [0.25, 0.3) is 0 Å². The molecule has 1 heterocycles. The maximum atomic E-state index is 4.02. The number of piperidine rings is 1. The Hall–Kier alpha value is -1.12.